The van der Waals surface area contributed by atoms with Crippen LogP contribution >= 0.6 is 0 Å². The number of aromatic nitrogens is 2. The standard InChI is InChI=1S/C21H29N5O2/c1-16(2)8-10-22-21-23-11-9-17(24-21)20(27)26-14-12-25(13-15-26)18-6-4-5-7-19(18)28-3/h4-7,9,11,16H,8,10,12-15H2,1-3H3,(H,22,23,24). The van der Waals surface area contributed by atoms with Gasteiger partial charge in [0.1, 0.15) is 11.4 Å². The Balaban J connectivity index is 1.59. The van der Waals surface area contributed by atoms with E-state index in [9.17, 15) is 4.79 Å². The normalized spacial score (nSPS) is 14.3. The lowest BCUT2D eigenvalue weighted by Crippen LogP contribution is -2.49. The molecule has 1 aliphatic rings. The van der Waals surface area contributed by atoms with Crippen LogP contribution in [0.3, 0.4) is 0 Å². The number of nitrogens with one attached hydrogen (secondary N) is 1. The molecule has 28 heavy (non-hydrogen) atoms. The van der Waals surface area contributed by atoms with E-state index in [-0.39, 0.29) is 5.91 Å². The maximum absolute atomic E-state index is 12.9. The molecule has 2 heterocycles. The zero-order valence-electron chi connectivity index (χ0n) is 16.9. The van der Waals surface area contributed by atoms with Gasteiger partial charge in [-0.1, -0.05) is 26.0 Å². The average Bonchev–Trinajstić information content (AvgIpc) is 2.73. The highest BCUT2D eigenvalue weighted by Crippen LogP contribution is 2.28. The number of methoxy groups -OCH3 is 1. The molecule has 3 rings (SSSR count). The highest BCUT2D eigenvalue weighted by Gasteiger charge is 2.24. The molecule has 1 amide bonds. The van der Waals surface area contributed by atoms with E-state index in [0.717, 1.165) is 37.5 Å². The van der Waals surface area contributed by atoms with Crippen molar-refractivity contribution in [1.29, 1.82) is 0 Å². The van der Waals surface area contributed by atoms with Crippen molar-refractivity contribution in [2.24, 2.45) is 5.92 Å². The lowest BCUT2D eigenvalue weighted by atomic mass is 10.1. The maximum Gasteiger partial charge on any atom is 0.272 e. The van der Waals surface area contributed by atoms with Crippen molar-refractivity contribution in [2.45, 2.75) is 20.3 Å². The van der Waals surface area contributed by atoms with E-state index in [4.69, 9.17) is 4.74 Å². The van der Waals surface area contributed by atoms with E-state index >= 15 is 0 Å². The Labute approximate surface area is 166 Å². The smallest absolute Gasteiger partial charge is 0.272 e. The minimum absolute atomic E-state index is 0.0472. The molecule has 7 heteroatoms. The van der Waals surface area contributed by atoms with Gasteiger partial charge in [0.2, 0.25) is 5.95 Å². The first-order valence-corrected chi connectivity index (χ1v) is 9.82. The van der Waals surface area contributed by atoms with Crippen LogP contribution in [0.4, 0.5) is 11.6 Å². The third-order valence-electron chi connectivity index (χ3n) is 4.87. The summed E-state index contributed by atoms with van der Waals surface area (Å²) in [5, 5.41) is 3.20. The first kappa shape index (κ1) is 19.9. The molecule has 0 atom stereocenters. The van der Waals surface area contributed by atoms with Crippen molar-refractivity contribution >= 4 is 17.5 Å². The first-order chi connectivity index (χ1) is 13.6. The summed E-state index contributed by atoms with van der Waals surface area (Å²) in [6.45, 7) is 7.97. The molecule has 7 nitrogen and oxygen atoms in total. The molecule has 1 aromatic heterocycles. The lowest BCUT2D eigenvalue weighted by Gasteiger charge is -2.36. The molecule has 0 spiro atoms. The molecule has 0 unspecified atom stereocenters. The molecule has 1 fully saturated rings. The molecule has 2 aromatic rings. The molecule has 1 saturated heterocycles. The van der Waals surface area contributed by atoms with Gasteiger partial charge in [-0.15, -0.1) is 0 Å². The van der Waals surface area contributed by atoms with Crippen LogP contribution < -0.4 is 15.0 Å². The number of nitrogens with zero attached hydrogens (tertiary/aromatic N) is 4. The summed E-state index contributed by atoms with van der Waals surface area (Å²) >= 11 is 0. The van der Waals surface area contributed by atoms with Crippen LogP contribution in [0.1, 0.15) is 30.8 Å². The molecule has 0 aliphatic carbocycles. The van der Waals surface area contributed by atoms with Gasteiger partial charge in [0.25, 0.3) is 5.91 Å². The second kappa shape index (κ2) is 9.39. The van der Waals surface area contributed by atoms with Crippen LogP contribution in [-0.2, 0) is 0 Å². The number of hydrogen-bond donors (Lipinski definition) is 1. The zero-order chi connectivity index (χ0) is 19.9. The van der Waals surface area contributed by atoms with Crippen molar-refractivity contribution in [1.82, 2.24) is 14.9 Å². The van der Waals surface area contributed by atoms with E-state index in [1.807, 2.05) is 23.1 Å². The number of benzene rings is 1. The molecule has 1 aliphatic heterocycles. The van der Waals surface area contributed by atoms with E-state index in [1.165, 1.54) is 0 Å². The second-order valence-corrected chi connectivity index (χ2v) is 7.33. The van der Waals surface area contributed by atoms with Gasteiger partial charge >= 0.3 is 0 Å². The van der Waals surface area contributed by atoms with Crippen molar-refractivity contribution in [3.63, 3.8) is 0 Å². The van der Waals surface area contributed by atoms with Gasteiger partial charge in [0, 0.05) is 38.9 Å². The van der Waals surface area contributed by atoms with Crippen LogP contribution in [0, 0.1) is 5.92 Å². The molecule has 1 N–H and O–H groups in total. The van der Waals surface area contributed by atoms with Crippen molar-refractivity contribution in [2.75, 3.05) is 50.1 Å². The van der Waals surface area contributed by atoms with Gasteiger partial charge in [-0.2, -0.15) is 0 Å². The number of para-hydroxylation sites is 2. The van der Waals surface area contributed by atoms with Crippen molar-refractivity contribution < 1.29 is 9.53 Å². The molecular weight excluding hydrogens is 354 g/mol. The van der Waals surface area contributed by atoms with E-state index in [0.29, 0.717) is 30.6 Å². The number of amides is 1. The summed E-state index contributed by atoms with van der Waals surface area (Å²) in [5.74, 6) is 1.93. The molecule has 1 aromatic carbocycles. The average molecular weight is 383 g/mol. The van der Waals surface area contributed by atoms with Crippen LogP contribution in [0.5, 0.6) is 5.75 Å². The minimum Gasteiger partial charge on any atom is -0.495 e. The number of ether oxygens (including phenoxy) is 1. The molecule has 0 radical (unpaired) electrons. The predicted molar refractivity (Wildman–Crippen MR) is 111 cm³/mol. The van der Waals surface area contributed by atoms with Gasteiger partial charge in [-0.3, -0.25) is 4.79 Å². The molecule has 0 saturated carbocycles. The summed E-state index contributed by atoms with van der Waals surface area (Å²) in [7, 11) is 1.68. The van der Waals surface area contributed by atoms with Crippen LogP contribution in [-0.4, -0.2) is 60.6 Å². The number of carbonyl (C=O) groups is 1. The minimum atomic E-state index is -0.0472. The third kappa shape index (κ3) is 4.91. The Morgan fingerprint density at radius 3 is 2.64 bits per heavy atom. The van der Waals surface area contributed by atoms with Gasteiger partial charge in [0.15, 0.2) is 0 Å². The second-order valence-electron chi connectivity index (χ2n) is 7.33. The van der Waals surface area contributed by atoms with Crippen molar-refractivity contribution in [3.05, 3.63) is 42.2 Å². The Hall–Kier alpha value is -2.83. The molecule has 150 valence electrons. The quantitative estimate of drug-likeness (QED) is 0.793. The van der Waals surface area contributed by atoms with Crippen LogP contribution in [0.15, 0.2) is 36.5 Å². The highest BCUT2D eigenvalue weighted by atomic mass is 16.5. The van der Waals surface area contributed by atoms with Crippen LogP contribution in [0.25, 0.3) is 0 Å². The van der Waals surface area contributed by atoms with Crippen LogP contribution in [0.2, 0.25) is 0 Å². The fraction of sp³-hybridized carbons (Fsp3) is 0.476. The summed E-state index contributed by atoms with van der Waals surface area (Å²) in [5.41, 5.74) is 1.50. The fourth-order valence-electron chi connectivity index (χ4n) is 3.24. The summed E-state index contributed by atoms with van der Waals surface area (Å²) in [6.07, 6.45) is 2.68. The lowest BCUT2D eigenvalue weighted by molar-refractivity contribution is 0.0740. The highest BCUT2D eigenvalue weighted by molar-refractivity contribution is 5.92. The fourth-order valence-corrected chi connectivity index (χ4v) is 3.24. The predicted octanol–water partition coefficient (Wildman–Crippen LogP) is 2.91. The van der Waals surface area contributed by atoms with Gasteiger partial charge < -0.3 is 19.9 Å². The summed E-state index contributed by atoms with van der Waals surface area (Å²) in [4.78, 5) is 25.6. The third-order valence-corrected chi connectivity index (χ3v) is 4.87. The number of piperazine rings is 1. The maximum atomic E-state index is 12.9. The SMILES string of the molecule is COc1ccccc1N1CCN(C(=O)c2ccnc(NCCC(C)C)n2)CC1. The monoisotopic (exact) mass is 383 g/mol. The van der Waals surface area contributed by atoms with Gasteiger partial charge in [-0.25, -0.2) is 9.97 Å². The van der Waals surface area contributed by atoms with Gasteiger partial charge in [0.05, 0.1) is 12.8 Å². The number of rotatable bonds is 7. The Morgan fingerprint density at radius 2 is 1.93 bits per heavy atom. The summed E-state index contributed by atoms with van der Waals surface area (Å²) in [6, 6.07) is 9.66. The Kier molecular flexibility index (Phi) is 6.68. The largest absolute Gasteiger partial charge is 0.495 e. The van der Waals surface area contributed by atoms with E-state index in [2.05, 4.69) is 40.1 Å². The molecular formula is C21H29N5O2. The number of hydrogen-bond acceptors (Lipinski definition) is 6. The number of carbonyl (C=O) groups excluding carboxylic acids is 1. The zero-order valence-corrected chi connectivity index (χ0v) is 16.9. The topological polar surface area (TPSA) is 70.6 Å². The van der Waals surface area contributed by atoms with E-state index in [1.54, 1.807) is 19.4 Å². The first-order valence-electron chi connectivity index (χ1n) is 9.82. The number of anilines is 2. The Morgan fingerprint density at radius 1 is 1.18 bits per heavy atom. The van der Waals surface area contributed by atoms with Gasteiger partial charge in [-0.05, 0) is 30.5 Å². The Bertz CT molecular complexity index is 788. The summed E-state index contributed by atoms with van der Waals surface area (Å²) < 4.78 is 5.46. The molecule has 0 bridgehead atoms. The van der Waals surface area contributed by atoms with E-state index < -0.39 is 0 Å². The van der Waals surface area contributed by atoms with Crippen molar-refractivity contribution in [3.8, 4) is 5.75 Å².